The number of hydrogen-bond donors (Lipinski definition) is 0. The van der Waals surface area contributed by atoms with Crippen LogP contribution in [0.15, 0.2) is 24.4 Å². The van der Waals surface area contributed by atoms with Crippen molar-refractivity contribution in [2.45, 2.75) is 51.0 Å². The summed E-state index contributed by atoms with van der Waals surface area (Å²) in [6, 6.07) is 6.74. The molecular formula is C19H21N5. The van der Waals surface area contributed by atoms with Crippen molar-refractivity contribution in [1.82, 2.24) is 24.1 Å². The van der Waals surface area contributed by atoms with Crippen LogP contribution < -0.4 is 0 Å². The van der Waals surface area contributed by atoms with Crippen LogP contribution in [-0.2, 0) is 0 Å². The SMILES string of the molecule is Cc1nc2ccccn2c1-c1nnc2n1C1CC3CC(CC2C3)C1. The lowest BCUT2D eigenvalue weighted by Gasteiger charge is -2.38. The van der Waals surface area contributed by atoms with Gasteiger partial charge >= 0.3 is 0 Å². The first-order valence-corrected chi connectivity index (χ1v) is 9.17. The first-order valence-electron chi connectivity index (χ1n) is 9.17. The number of aryl methyl sites for hydroxylation is 1. The third kappa shape index (κ3) is 1.62. The Morgan fingerprint density at radius 2 is 1.83 bits per heavy atom. The van der Waals surface area contributed by atoms with Gasteiger partial charge in [-0.15, -0.1) is 10.2 Å². The summed E-state index contributed by atoms with van der Waals surface area (Å²) in [7, 11) is 0. The maximum Gasteiger partial charge on any atom is 0.183 e. The molecule has 122 valence electrons. The number of nitrogens with zero attached hydrogens (tertiary/aromatic N) is 5. The lowest BCUT2D eigenvalue weighted by Crippen LogP contribution is -2.27. The van der Waals surface area contributed by atoms with E-state index in [0.717, 1.165) is 34.7 Å². The summed E-state index contributed by atoms with van der Waals surface area (Å²) in [5.41, 5.74) is 3.15. The smallest absolute Gasteiger partial charge is 0.183 e. The lowest BCUT2D eigenvalue weighted by atomic mass is 9.68. The highest BCUT2D eigenvalue weighted by atomic mass is 15.3. The Kier molecular flexibility index (Phi) is 2.45. The highest BCUT2D eigenvalue weighted by Crippen LogP contribution is 2.54. The minimum Gasteiger partial charge on any atom is -0.306 e. The number of fused-ring (bicyclic) bond motifs is 1. The predicted octanol–water partition coefficient (Wildman–Crippen LogP) is 3.75. The molecule has 2 aliphatic carbocycles. The minimum atomic E-state index is 0.579. The zero-order chi connectivity index (χ0) is 15.8. The van der Waals surface area contributed by atoms with Crippen molar-refractivity contribution in [2.75, 3.05) is 0 Å². The zero-order valence-electron chi connectivity index (χ0n) is 13.9. The van der Waals surface area contributed by atoms with Gasteiger partial charge in [0, 0.05) is 18.2 Å². The molecule has 2 atom stereocenters. The molecule has 2 fully saturated rings. The van der Waals surface area contributed by atoms with Crippen LogP contribution in [0.4, 0.5) is 0 Å². The van der Waals surface area contributed by atoms with Crippen LogP contribution in [0.1, 0.15) is 55.6 Å². The Hall–Kier alpha value is -2.17. The van der Waals surface area contributed by atoms with E-state index in [-0.39, 0.29) is 0 Å². The van der Waals surface area contributed by atoms with E-state index in [9.17, 15) is 0 Å². The summed E-state index contributed by atoms with van der Waals surface area (Å²) < 4.78 is 4.66. The lowest BCUT2D eigenvalue weighted by molar-refractivity contribution is 0.150. The summed E-state index contributed by atoms with van der Waals surface area (Å²) in [6.45, 7) is 2.09. The van der Waals surface area contributed by atoms with Gasteiger partial charge in [-0.2, -0.15) is 0 Å². The quantitative estimate of drug-likeness (QED) is 0.686. The Bertz CT molecular complexity index is 938. The third-order valence-corrected chi connectivity index (χ3v) is 6.48. The van der Waals surface area contributed by atoms with E-state index in [4.69, 9.17) is 10.1 Å². The normalized spacial score (nSPS) is 30.7. The summed E-state index contributed by atoms with van der Waals surface area (Å²) in [6.07, 6.45) is 8.78. The fraction of sp³-hybridized carbons (Fsp3) is 0.526. The van der Waals surface area contributed by atoms with E-state index in [1.165, 1.54) is 37.9 Å². The maximum atomic E-state index is 4.73. The van der Waals surface area contributed by atoms with Crippen molar-refractivity contribution in [3.63, 3.8) is 0 Å². The van der Waals surface area contributed by atoms with Crippen molar-refractivity contribution < 1.29 is 0 Å². The van der Waals surface area contributed by atoms with Gasteiger partial charge in [-0.1, -0.05) is 6.07 Å². The standard InChI is InChI=1S/C19H21N5/c1-11-17(23-5-3-2-4-16(23)20-11)19-22-21-18-14-7-12-6-13(8-14)10-15(9-12)24(18)19/h2-5,12-15H,6-10H2,1H3. The molecule has 2 aliphatic heterocycles. The van der Waals surface area contributed by atoms with Gasteiger partial charge in [0.05, 0.1) is 5.69 Å². The molecule has 0 spiro atoms. The number of aromatic nitrogens is 5. The van der Waals surface area contributed by atoms with Crippen molar-refractivity contribution in [3.05, 3.63) is 35.9 Å². The third-order valence-electron chi connectivity index (χ3n) is 6.48. The van der Waals surface area contributed by atoms with E-state index in [2.05, 4.69) is 39.3 Å². The summed E-state index contributed by atoms with van der Waals surface area (Å²) in [5.74, 6) is 4.67. The molecule has 2 unspecified atom stereocenters. The number of rotatable bonds is 1. The average molecular weight is 319 g/mol. The Labute approximate surface area is 140 Å². The highest BCUT2D eigenvalue weighted by molar-refractivity contribution is 5.61. The van der Waals surface area contributed by atoms with E-state index in [1.54, 1.807) is 0 Å². The van der Waals surface area contributed by atoms with E-state index in [0.29, 0.717) is 12.0 Å². The molecule has 4 aliphatic rings. The molecule has 5 nitrogen and oxygen atoms in total. The number of pyridine rings is 1. The summed E-state index contributed by atoms with van der Waals surface area (Å²) in [4.78, 5) is 4.73. The van der Waals surface area contributed by atoms with Gasteiger partial charge in [-0.05, 0) is 63.0 Å². The van der Waals surface area contributed by atoms with Crippen molar-refractivity contribution >= 4 is 5.65 Å². The Morgan fingerprint density at radius 3 is 2.67 bits per heavy atom. The van der Waals surface area contributed by atoms with Gasteiger partial charge in [-0.3, -0.25) is 4.40 Å². The van der Waals surface area contributed by atoms with Crippen LogP contribution >= 0.6 is 0 Å². The van der Waals surface area contributed by atoms with Crippen LogP contribution in [0.5, 0.6) is 0 Å². The molecule has 3 aromatic heterocycles. The van der Waals surface area contributed by atoms with Crippen LogP contribution in [-0.4, -0.2) is 24.1 Å². The molecule has 3 aromatic rings. The second-order valence-corrected chi connectivity index (χ2v) is 7.99. The summed E-state index contributed by atoms with van der Waals surface area (Å²) in [5, 5.41) is 9.36. The molecular weight excluding hydrogens is 298 g/mol. The van der Waals surface area contributed by atoms with Gasteiger partial charge < -0.3 is 4.57 Å². The second-order valence-electron chi connectivity index (χ2n) is 7.99. The maximum absolute atomic E-state index is 4.73. The second kappa shape index (κ2) is 4.47. The number of imidazole rings is 1. The molecule has 24 heavy (non-hydrogen) atoms. The van der Waals surface area contributed by atoms with E-state index >= 15 is 0 Å². The van der Waals surface area contributed by atoms with Crippen LogP contribution in [0, 0.1) is 18.8 Å². The molecule has 2 saturated carbocycles. The molecule has 5 heteroatoms. The Balaban J connectivity index is 1.61. The zero-order valence-corrected chi connectivity index (χ0v) is 13.9. The molecule has 5 heterocycles. The fourth-order valence-electron chi connectivity index (χ4n) is 5.72. The van der Waals surface area contributed by atoms with Crippen molar-refractivity contribution in [2.24, 2.45) is 11.8 Å². The largest absolute Gasteiger partial charge is 0.306 e. The summed E-state index contributed by atoms with van der Waals surface area (Å²) >= 11 is 0. The molecule has 0 N–H and O–H groups in total. The van der Waals surface area contributed by atoms with Crippen LogP contribution in [0.25, 0.3) is 17.2 Å². The van der Waals surface area contributed by atoms with E-state index < -0.39 is 0 Å². The van der Waals surface area contributed by atoms with Crippen molar-refractivity contribution in [3.8, 4) is 11.5 Å². The topological polar surface area (TPSA) is 48.0 Å². The molecule has 0 aromatic carbocycles. The van der Waals surface area contributed by atoms with Gasteiger partial charge in [-0.25, -0.2) is 4.98 Å². The molecule has 0 saturated heterocycles. The van der Waals surface area contributed by atoms with Crippen LogP contribution in [0.3, 0.4) is 0 Å². The fourth-order valence-corrected chi connectivity index (χ4v) is 5.72. The van der Waals surface area contributed by atoms with E-state index in [1.807, 2.05) is 6.07 Å². The average Bonchev–Trinajstić information content (AvgIpc) is 3.08. The van der Waals surface area contributed by atoms with Gasteiger partial charge in [0.15, 0.2) is 5.82 Å². The first-order chi connectivity index (χ1) is 11.8. The minimum absolute atomic E-state index is 0.579. The molecule has 4 bridgehead atoms. The molecule has 0 radical (unpaired) electrons. The number of hydrogen-bond acceptors (Lipinski definition) is 3. The Morgan fingerprint density at radius 1 is 1.00 bits per heavy atom. The predicted molar refractivity (Wildman–Crippen MR) is 90.8 cm³/mol. The highest BCUT2D eigenvalue weighted by Gasteiger charge is 2.44. The first kappa shape index (κ1) is 13.2. The van der Waals surface area contributed by atoms with Crippen molar-refractivity contribution in [1.29, 1.82) is 0 Å². The monoisotopic (exact) mass is 319 g/mol. The van der Waals surface area contributed by atoms with Gasteiger partial charge in [0.25, 0.3) is 0 Å². The molecule has 7 rings (SSSR count). The van der Waals surface area contributed by atoms with Gasteiger partial charge in [0.1, 0.15) is 17.2 Å². The van der Waals surface area contributed by atoms with Crippen LogP contribution in [0.2, 0.25) is 0 Å². The van der Waals surface area contributed by atoms with Gasteiger partial charge in [0.2, 0.25) is 0 Å². The molecule has 0 amide bonds.